The quantitative estimate of drug-likeness (QED) is 0.513. The van der Waals surface area contributed by atoms with Crippen molar-refractivity contribution in [3.63, 3.8) is 0 Å². The number of benzene rings is 3. The van der Waals surface area contributed by atoms with Gasteiger partial charge < -0.3 is 14.8 Å². The molecule has 0 saturated heterocycles. The van der Waals surface area contributed by atoms with Crippen LogP contribution in [0, 0.1) is 0 Å². The normalized spacial score (nSPS) is 15.9. The molecular formula is C26H30N2O5S. The zero-order chi connectivity index (χ0) is 24.1. The lowest BCUT2D eigenvalue weighted by atomic mass is 9.91. The fourth-order valence-electron chi connectivity index (χ4n) is 4.43. The van der Waals surface area contributed by atoms with Crippen molar-refractivity contribution in [1.29, 1.82) is 0 Å². The molecule has 0 aromatic heterocycles. The molecule has 1 amide bonds. The first-order valence-corrected chi connectivity index (χ1v) is 12.7. The summed E-state index contributed by atoms with van der Waals surface area (Å²) in [6.07, 6.45) is 1.54. The molecular weight excluding hydrogens is 452 g/mol. The number of hydrogen-bond donors (Lipinski definition) is 2. The maximum Gasteiger partial charge on any atom is 0.238 e. The number of amides is 1. The highest BCUT2D eigenvalue weighted by molar-refractivity contribution is 7.89. The molecule has 34 heavy (non-hydrogen) atoms. The zero-order valence-corrected chi connectivity index (χ0v) is 19.8. The molecule has 7 nitrogen and oxygen atoms in total. The number of carbonyl (C=O) groups is 1. The molecule has 1 heterocycles. The van der Waals surface area contributed by atoms with E-state index in [2.05, 4.69) is 19.2 Å². The third-order valence-corrected chi connectivity index (χ3v) is 7.47. The van der Waals surface area contributed by atoms with E-state index in [1.165, 1.54) is 12.1 Å². The number of ether oxygens (including phenoxy) is 2. The molecule has 3 aromatic rings. The monoisotopic (exact) mass is 482 g/mol. The number of carbonyl (C=O) groups excluding carboxylic acids is 1. The average Bonchev–Trinajstić information content (AvgIpc) is 3.49. The van der Waals surface area contributed by atoms with Crippen LogP contribution in [0.5, 0.6) is 11.5 Å². The first-order chi connectivity index (χ1) is 16.2. The van der Waals surface area contributed by atoms with Gasteiger partial charge >= 0.3 is 0 Å². The molecule has 3 N–H and O–H groups in total. The number of sulfonamides is 1. The minimum absolute atomic E-state index is 0. The number of primary sulfonamides is 1. The molecule has 0 spiro atoms. The Morgan fingerprint density at radius 3 is 2.35 bits per heavy atom. The fraction of sp³-hybridized carbons (Fsp3) is 0.269. The minimum atomic E-state index is -3.77. The first kappa shape index (κ1) is 22.4. The van der Waals surface area contributed by atoms with Gasteiger partial charge in [-0.05, 0) is 77.4 Å². The lowest BCUT2D eigenvalue weighted by Gasteiger charge is -2.19. The minimum Gasteiger partial charge on any atom is -0.454 e. The Morgan fingerprint density at radius 1 is 1.00 bits per heavy atom. The van der Waals surface area contributed by atoms with E-state index in [1.54, 1.807) is 12.1 Å². The molecule has 8 heteroatoms. The molecule has 1 saturated carbocycles. The van der Waals surface area contributed by atoms with Crippen LogP contribution >= 0.6 is 0 Å². The Balaban J connectivity index is 0.00000180. The molecule has 0 unspecified atom stereocenters. The molecule has 5 rings (SSSR count). The van der Waals surface area contributed by atoms with E-state index in [4.69, 9.17) is 14.6 Å². The van der Waals surface area contributed by atoms with Crippen molar-refractivity contribution < 1.29 is 25.5 Å². The highest BCUT2D eigenvalue weighted by atomic mass is 32.2. The summed E-state index contributed by atoms with van der Waals surface area (Å²) in [4.78, 5) is 13.4. The second-order valence-corrected chi connectivity index (χ2v) is 10.7. The Hall–Kier alpha value is -3.36. The largest absolute Gasteiger partial charge is 0.454 e. The summed E-state index contributed by atoms with van der Waals surface area (Å²) in [7, 11) is -3.77. The van der Waals surface area contributed by atoms with Crippen LogP contribution in [0.25, 0.3) is 11.1 Å². The molecule has 1 fully saturated rings. The number of fused-ring (bicyclic) bond motifs is 1. The van der Waals surface area contributed by atoms with Gasteiger partial charge in [-0.25, -0.2) is 13.6 Å². The highest BCUT2D eigenvalue weighted by Crippen LogP contribution is 2.51. The number of hydrogen-bond acceptors (Lipinski definition) is 5. The van der Waals surface area contributed by atoms with Gasteiger partial charge in [-0.15, -0.1) is 0 Å². The van der Waals surface area contributed by atoms with Crippen LogP contribution in [0.3, 0.4) is 0 Å². The third kappa shape index (κ3) is 4.03. The zero-order valence-electron chi connectivity index (χ0n) is 19.0. The Labute approximate surface area is 201 Å². The van der Waals surface area contributed by atoms with Crippen molar-refractivity contribution >= 4 is 21.6 Å². The summed E-state index contributed by atoms with van der Waals surface area (Å²) in [5.74, 6) is 1.55. The standard InChI is InChI=1S/C26H26N2O5S.2H2/c1-16(2)21-9-6-19(14-22(21)17-3-7-20(8-4-17)34(27,30)31)28-25(29)26(11-12-26)18-5-10-23-24(13-18)33-15-32-23;;/h3-10,13-14,16H,11-12,15H2,1-2H3,(H,28,29)(H2,27,30,31);2*1H. The Kier molecular flexibility index (Phi) is 5.37. The van der Waals surface area contributed by atoms with E-state index >= 15 is 0 Å². The van der Waals surface area contributed by atoms with Crippen LogP contribution in [-0.4, -0.2) is 21.1 Å². The topological polar surface area (TPSA) is 108 Å². The van der Waals surface area contributed by atoms with Gasteiger partial charge in [-0.3, -0.25) is 4.79 Å². The molecule has 1 aliphatic carbocycles. The van der Waals surface area contributed by atoms with Crippen molar-refractivity contribution in [2.45, 2.75) is 42.9 Å². The fourth-order valence-corrected chi connectivity index (χ4v) is 4.94. The van der Waals surface area contributed by atoms with E-state index in [0.717, 1.165) is 35.1 Å². The van der Waals surface area contributed by atoms with Crippen LogP contribution in [0.1, 0.15) is 46.6 Å². The second-order valence-electron chi connectivity index (χ2n) is 9.13. The van der Waals surface area contributed by atoms with E-state index < -0.39 is 15.4 Å². The highest BCUT2D eigenvalue weighted by Gasteiger charge is 2.51. The van der Waals surface area contributed by atoms with Gasteiger partial charge in [-0.1, -0.05) is 38.1 Å². The van der Waals surface area contributed by atoms with Crippen molar-refractivity contribution in [3.05, 3.63) is 71.8 Å². The maximum atomic E-state index is 13.4. The lowest BCUT2D eigenvalue weighted by Crippen LogP contribution is -2.27. The third-order valence-electron chi connectivity index (χ3n) is 6.54. The summed E-state index contributed by atoms with van der Waals surface area (Å²) in [6, 6.07) is 18.0. The number of nitrogens with one attached hydrogen (secondary N) is 1. The van der Waals surface area contributed by atoms with Crippen LogP contribution in [0.4, 0.5) is 5.69 Å². The van der Waals surface area contributed by atoms with Crippen LogP contribution in [-0.2, 0) is 20.2 Å². The Bertz CT molecular complexity index is 1390. The number of nitrogens with two attached hydrogens (primary N) is 1. The second kappa shape index (κ2) is 8.14. The van der Waals surface area contributed by atoms with Crippen molar-refractivity contribution in [2.75, 3.05) is 12.1 Å². The maximum absolute atomic E-state index is 13.4. The summed E-state index contributed by atoms with van der Waals surface area (Å²) in [6.45, 7) is 4.38. The van der Waals surface area contributed by atoms with Crippen LogP contribution in [0.2, 0.25) is 0 Å². The van der Waals surface area contributed by atoms with Gasteiger partial charge in [-0.2, -0.15) is 0 Å². The van der Waals surface area contributed by atoms with Crippen LogP contribution in [0.15, 0.2) is 65.6 Å². The van der Waals surface area contributed by atoms with E-state index in [0.29, 0.717) is 17.2 Å². The predicted octanol–water partition coefficient (Wildman–Crippen LogP) is 5.02. The van der Waals surface area contributed by atoms with Gasteiger partial charge in [0.15, 0.2) is 11.5 Å². The van der Waals surface area contributed by atoms with Gasteiger partial charge in [0.2, 0.25) is 22.7 Å². The molecule has 180 valence electrons. The lowest BCUT2D eigenvalue weighted by molar-refractivity contribution is -0.118. The van der Waals surface area contributed by atoms with Crippen LogP contribution < -0.4 is 19.9 Å². The van der Waals surface area contributed by atoms with Crippen molar-refractivity contribution in [3.8, 4) is 22.6 Å². The number of rotatable bonds is 6. The molecule has 0 atom stereocenters. The van der Waals surface area contributed by atoms with E-state index in [-0.39, 0.29) is 26.4 Å². The summed E-state index contributed by atoms with van der Waals surface area (Å²) in [5, 5.41) is 8.33. The molecule has 2 aliphatic rings. The Morgan fingerprint density at radius 2 is 1.71 bits per heavy atom. The molecule has 1 aliphatic heterocycles. The van der Waals surface area contributed by atoms with Gasteiger partial charge in [0.1, 0.15) is 0 Å². The first-order valence-electron chi connectivity index (χ1n) is 11.2. The molecule has 0 radical (unpaired) electrons. The van der Waals surface area contributed by atoms with Gasteiger partial charge in [0.25, 0.3) is 0 Å². The van der Waals surface area contributed by atoms with Gasteiger partial charge in [0, 0.05) is 8.54 Å². The summed E-state index contributed by atoms with van der Waals surface area (Å²) < 4.78 is 34.1. The summed E-state index contributed by atoms with van der Waals surface area (Å²) in [5.41, 5.74) is 3.91. The van der Waals surface area contributed by atoms with E-state index in [1.807, 2.05) is 36.4 Å². The van der Waals surface area contributed by atoms with Gasteiger partial charge in [0.05, 0.1) is 10.3 Å². The predicted molar refractivity (Wildman–Crippen MR) is 134 cm³/mol. The summed E-state index contributed by atoms with van der Waals surface area (Å²) >= 11 is 0. The van der Waals surface area contributed by atoms with Crippen molar-refractivity contribution in [2.24, 2.45) is 5.14 Å². The SMILES string of the molecule is CC(C)c1ccc(NC(=O)C2(c3ccc4c(c3)OCO4)CC2)cc1-c1ccc(S(N)(=O)=O)cc1.[HH].[HH]. The average molecular weight is 483 g/mol. The van der Waals surface area contributed by atoms with Crippen molar-refractivity contribution in [1.82, 2.24) is 0 Å². The van der Waals surface area contributed by atoms with E-state index in [9.17, 15) is 13.2 Å². The molecule has 3 aromatic carbocycles. The smallest absolute Gasteiger partial charge is 0.238 e. The number of anilines is 1. The molecule has 0 bridgehead atoms.